The number of rotatable bonds is 3. The van der Waals surface area contributed by atoms with E-state index in [-0.39, 0.29) is 17.4 Å². The fourth-order valence-corrected chi connectivity index (χ4v) is 6.51. The third-order valence-electron chi connectivity index (χ3n) is 7.94. The van der Waals surface area contributed by atoms with Crippen LogP contribution < -0.4 is 5.32 Å². The number of piperidine rings is 1. The van der Waals surface area contributed by atoms with E-state index in [0.717, 1.165) is 24.2 Å². The summed E-state index contributed by atoms with van der Waals surface area (Å²) < 4.78 is 0. The van der Waals surface area contributed by atoms with E-state index in [1.54, 1.807) is 6.92 Å². The van der Waals surface area contributed by atoms with Crippen molar-refractivity contribution in [1.82, 2.24) is 10.2 Å². The summed E-state index contributed by atoms with van der Waals surface area (Å²) in [6, 6.07) is 9.03. The van der Waals surface area contributed by atoms with E-state index in [1.807, 2.05) is 0 Å². The third kappa shape index (κ3) is 3.04. The van der Waals surface area contributed by atoms with Gasteiger partial charge in [-0.2, -0.15) is 0 Å². The number of carbonyl (C=O) groups excluding carboxylic acids is 1. The molecule has 0 bridgehead atoms. The van der Waals surface area contributed by atoms with Crippen molar-refractivity contribution in [1.29, 1.82) is 0 Å². The number of likely N-dealkylation sites (tertiary alicyclic amines) is 1. The van der Waals surface area contributed by atoms with Gasteiger partial charge in [0.25, 0.3) is 0 Å². The molecule has 0 aromatic heterocycles. The molecule has 27 heavy (non-hydrogen) atoms. The van der Waals surface area contributed by atoms with Gasteiger partial charge in [0.1, 0.15) is 0 Å². The smallest absolute Gasteiger partial charge is 0.217 e. The Balaban J connectivity index is 1.25. The molecule has 1 aromatic carbocycles. The van der Waals surface area contributed by atoms with Crippen LogP contribution in [0.3, 0.4) is 0 Å². The molecule has 2 fully saturated rings. The first-order valence-electron chi connectivity index (χ1n) is 10.9. The zero-order valence-electron chi connectivity index (χ0n) is 16.5. The molecule has 3 nitrogen and oxygen atoms in total. The first-order chi connectivity index (χ1) is 13.1. The lowest BCUT2D eigenvalue weighted by molar-refractivity contribution is -0.119. The van der Waals surface area contributed by atoms with Crippen molar-refractivity contribution in [3.8, 4) is 0 Å². The summed E-state index contributed by atoms with van der Waals surface area (Å²) >= 11 is 0. The van der Waals surface area contributed by atoms with Crippen molar-refractivity contribution in [2.45, 2.75) is 56.9 Å². The van der Waals surface area contributed by atoms with Crippen LogP contribution in [0.2, 0.25) is 0 Å². The van der Waals surface area contributed by atoms with E-state index in [1.165, 1.54) is 62.9 Å². The molecule has 3 heteroatoms. The van der Waals surface area contributed by atoms with Gasteiger partial charge in [0.15, 0.2) is 0 Å². The molecule has 1 N–H and O–H groups in total. The van der Waals surface area contributed by atoms with Gasteiger partial charge in [0, 0.05) is 18.9 Å². The van der Waals surface area contributed by atoms with Crippen LogP contribution >= 0.6 is 0 Å². The predicted molar refractivity (Wildman–Crippen MR) is 108 cm³/mol. The number of allylic oxidation sites excluding steroid dienone is 2. The van der Waals surface area contributed by atoms with Gasteiger partial charge in [0.2, 0.25) is 5.91 Å². The number of benzene rings is 1. The second-order valence-corrected chi connectivity index (χ2v) is 9.46. The van der Waals surface area contributed by atoms with Gasteiger partial charge in [0.05, 0.1) is 6.04 Å². The molecule has 1 spiro atoms. The molecule has 1 saturated carbocycles. The van der Waals surface area contributed by atoms with Gasteiger partial charge in [-0.1, -0.05) is 36.4 Å². The molecular formula is C24H32N2O. The van der Waals surface area contributed by atoms with E-state index >= 15 is 0 Å². The summed E-state index contributed by atoms with van der Waals surface area (Å²) in [7, 11) is 0. The molecule has 1 saturated heterocycles. The molecule has 5 rings (SSSR count). The molecule has 4 aliphatic rings. The first kappa shape index (κ1) is 17.5. The molecule has 4 atom stereocenters. The maximum atomic E-state index is 11.7. The highest BCUT2D eigenvalue weighted by atomic mass is 16.1. The standard InChI is InChI=1S/C24H32N2O/c1-17(27)25-23-15-24(22-9-5-4-8-21(22)23)10-12-26(13-11-24)16-19-14-18-6-2-3-7-20(18)19/h3-5,7-9,18-20,23H,2,6,10-16H2,1H3,(H,25,27). The number of nitrogens with zero attached hydrogens (tertiary/aromatic N) is 1. The van der Waals surface area contributed by atoms with Gasteiger partial charge in [-0.05, 0) is 80.5 Å². The van der Waals surface area contributed by atoms with E-state index in [2.05, 4.69) is 46.6 Å². The van der Waals surface area contributed by atoms with Crippen LogP contribution in [0.25, 0.3) is 0 Å². The Morgan fingerprint density at radius 2 is 2.07 bits per heavy atom. The second kappa shape index (κ2) is 6.77. The zero-order chi connectivity index (χ0) is 18.4. The summed E-state index contributed by atoms with van der Waals surface area (Å²) in [4.78, 5) is 14.4. The van der Waals surface area contributed by atoms with Gasteiger partial charge < -0.3 is 10.2 Å². The molecule has 4 unspecified atom stereocenters. The van der Waals surface area contributed by atoms with Crippen LogP contribution in [-0.2, 0) is 10.2 Å². The van der Waals surface area contributed by atoms with Crippen LogP contribution in [0.5, 0.6) is 0 Å². The van der Waals surface area contributed by atoms with E-state index in [4.69, 9.17) is 0 Å². The maximum absolute atomic E-state index is 11.7. The minimum atomic E-state index is 0.0874. The van der Waals surface area contributed by atoms with Crippen molar-refractivity contribution in [3.05, 3.63) is 47.5 Å². The summed E-state index contributed by atoms with van der Waals surface area (Å²) in [5.41, 5.74) is 3.13. The van der Waals surface area contributed by atoms with Crippen molar-refractivity contribution < 1.29 is 4.79 Å². The average Bonchev–Trinajstić information content (AvgIpc) is 2.94. The van der Waals surface area contributed by atoms with E-state index in [9.17, 15) is 4.79 Å². The van der Waals surface area contributed by atoms with Crippen LogP contribution in [-0.4, -0.2) is 30.4 Å². The van der Waals surface area contributed by atoms with Gasteiger partial charge in [-0.15, -0.1) is 0 Å². The van der Waals surface area contributed by atoms with E-state index in [0.29, 0.717) is 0 Å². The SMILES string of the molecule is CC(=O)NC1CC2(CCN(CC3CC4CCC=CC43)CC2)c2ccccc21. The fraction of sp³-hybridized carbons (Fsp3) is 0.625. The zero-order valence-corrected chi connectivity index (χ0v) is 16.5. The molecule has 1 heterocycles. The topological polar surface area (TPSA) is 32.3 Å². The van der Waals surface area contributed by atoms with Crippen LogP contribution in [0.4, 0.5) is 0 Å². The summed E-state index contributed by atoms with van der Waals surface area (Å²) in [6.45, 7) is 5.34. The summed E-state index contributed by atoms with van der Waals surface area (Å²) in [6.07, 6.45) is 12.6. The van der Waals surface area contributed by atoms with Crippen molar-refractivity contribution in [3.63, 3.8) is 0 Å². The third-order valence-corrected chi connectivity index (χ3v) is 7.94. The second-order valence-electron chi connectivity index (χ2n) is 9.46. The Morgan fingerprint density at radius 1 is 1.26 bits per heavy atom. The number of nitrogens with one attached hydrogen (secondary N) is 1. The number of carbonyl (C=O) groups is 1. The Morgan fingerprint density at radius 3 is 2.85 bits per heavy atom. The number of hydrogen-bond acceptors (Lipinski definition) is 2. The fourth-order valence-electron chi connectivity index (χ4n) is 6.51. The summed E-state index contributed by atoms with van der Waals surface area (Å²) in [5.74, 6) is 2.83. The monoisotopic (exact) mass is 364 g/mol. The molecule has 144 valence electrons. The lowest BCUT2D eigenvalue weighted by Crippen LogP contribution is -2.48. The molecule has 1 amide bonds. The maximum Gasteiger partial charge on any atom is 0.217 e. The highest BCUT2D eigenvalue weighted by Crippen LogP contribution is 2.51. The molecule has 1 aliphatic heterocycles. The quantitative estimate of drug-likeness (QED) is 0.815. The van der Waals surface area contributed by atoms with Gasteiger partial charge in [-0.25, -0.2) is 0 Å². The Hall–Kier alpha value is -1.61. The largest absolute Gasteiger partial charge is 0.349 e. The molecule has 3 aliphatic carbocycles. The number of amides is 1. The average molecular weight is 365 g/mol. The molecule has 0 radical (unpaired) electrons. The van der Waals surface area contributed by atoms with Crippen molar-refractivity contribution >= 4 is 5.91 Å². The lowest BCUT2D eigenvalue weighted by atomic mass is 9.61. The Labute approximate surface area is 163 Å². The Kier molecular flexibility index (Phi) is 4.39. The highest BCUT2D eigenvalue weighted by molar-refractivity contribution is 5.73. The number of fused-ring (bicyclic) bond motifs is 3. The normalized spacial score (nSPS) is 34.0. The highest BCUT2D eigenvalue weighted by Gasteiger charge is 2.46. The van der Waals surface area contributed by atoms with Crippen LogP contribution in [0.15, 0.2) is 36.4 Å². The van der Waals surface area contributed by atoms with Crippen molar-refractivity contribution in [2.24, 2.45) is 17.8 Å². The molecular weight excluding hydrogens is 332 g/mol. The molecule has 1 aromatic rings. The number of hydrogen-bond donors (Lipinski definition) is 1. The van der Waals surface area contributed by atoms with Crippen LogP contribution in [0, 0.1) is 17.8 Å². The predicted octanol–water partition coefficient (Wildman–Crippen LogP) is 4.20. The van der Waals surface area contributed by atoms with Crippen LogP contribution in [0.1, 0.15) is 62.6 Å². The lowest BCUT2D eigenvalue weighted by Gasteiger charge is -2.49. The first-order valence-corrected chi connectivity index (χ1v) is 10.9. The van der Waals surface area contributed by atoms with E-state index < -0.39 is 0 Å². The van der Waals surface area contributed by atoms with Crippen molar-refractivity contribution in [2.75, 3.05) is 19.6 Å². The van der Waals surface area contributed by atoms with Gasteiger partial charge in [-0.3, -0.25) is 4.79 Å². The minimum absolute atomic E-state index is 0.0874. The van der Waals surface area contributed by atoms with Gasteiger partial charge >= 0.3 is 0 Å². The summed E-state index contributed by atoms with van der Waals surface area (Å²) in [5, 5.41) is 3.20. The minimum Gasteiger partial charge on any atom is -0.349 e. The Bertz CT molecular complexity index is 747.